The van der Waals surface area contributed by atoms with E-state index >= 15 is 0 Å². The lowest BCUT2D eigenvalue weighted by molar-refractivity contribution is -0.115. The highest BCUT2D eigenvalue weighted by molar-refractivity contribution is 7.14. The van der Waals surface area contributed by atoms with Gasteiger partial charge in [0.2, 0.25) is 5.91 Å². The summed E-state index contributed by atoms with van der Waals surface area (Å²) in [5.74, 6) is 2.72. The van der Waals surface area contributed by atoms with E-state index in [0.717, 1.165) is 40.8 Å². The molecule has 2 aromatic rings. The average Bonchev–Trinajstić information content (AvgIpc) is 3.38. The summed E-state index contributed by atoms with van der Waals surface area (Å²) in [5, 5.41) is 6.51. The SMILES string of the molecule is CC(=O)N(c1ccc(C)cc1)c1nc(CNC(C)C2CC3CCC2C3)cs1. The van der Waals surface area contributed by atoms with Gasteiger partial charge in [-0.25, -0.2) is 4.98 Å². The Morgan fingerprint density at radius 1 is 1.30 bits per heavy atom. The highest BCUT2D eigenvalue weighted by Gasteiger charge is 2.41. The molecule has 2 aliphatic carbocycles. The number of thiazole rings is 1. The summed E-state index contributed by atoms with van der Waals surface area (Å²) in [6.07, 6.45) is 5.71. The zero-order chi connectivity index (χ0) is 19.0. The highest BCUT2D eigenvalue weighted by Crippen LogP contribution is 2.49. The van der Waals surface area contributed by atoms with Gasteiger partial charge in [0.15, 0.2) is 5.13 Å². The topological polar surface area (TPSA) is 45.2 Å². The Bertz CT molecular complexity index is 800. The molecule has 1 amide bonds. The molecule has 1 aromatic heterocycles. The number of anilines is 2. The normalized spacial score (nSPS) is 24.9. The smallest absolute Gasteiger partial charge is 0.230 e. The summed E-state index contributed by atoms with van der Waals surface area (Å²) in [6.45, 7) is 6.74. The van der Waals surface area contributed by atoms with Crippen LogP contribution in [0.1, 0.15) is 50.8 Å². The zero-order valence-corrected chi connectivity index (χ0v) is 17.3. The molecule has 4 unspecified atom stereocenters. The lowest BCUT2D eigenvalue weighted by atomic mass is 9.84. The number of carbonyl (C=O) groups excluding carboxylic acids is 1. The van der Waals surface area contributed by atoms with Crippen LogP contribution in [0.2, 0.25) is 0 Å². The summed E-state index contributed by atoms with van der Waals surface area (Å²) in [5.41, 5.74) is 3.07. The molecular formula is C22H29N3OS. The number of hydrogen-bond donors (Lipinski definition) is 1. The van der Waals surface area contributed by atoms with E-state index in [2.05, 4.69) is 17.6 Å². The minimum Gasteiger partial charge on any atom is -0.308 e. The number of aryl methyl sites for hydroxylation is 1. The van der Waals surface area contributed by atoms with Gasteiger partial charge in [-0.2, -0.15) is 0 Å². The van der Waals surface area contributed by atoms with Crippen LogP contribution in [0.15, 0.2) is 29.6 Å². The molecule has 0 spiro atoms. The maximum atomic E-state index is 12.2. The quantitative estimate of drug-likeness (QED) is 0.759. The van der Waals surface area contributed by atoms with Crippen molar-refractivity contribution < 1.29 is 4.79 Å². The molecule has 1 aromatic carbocycles. The van der Waals surface area contributed by atoms with Gasteiger partial charge in [0.05, 0.1) is 11.4 Å². The van der Waals surface area contributed by atoms with Gasteiger partial charge in [-0.3, -0.25) is 9.69 Å². The molecule has 27 heavy (non-hydrogen) atoms. The number of fused-ring (bicyclic) bond motifs is 2. The van der Waals surface area contributed by atoms with Crippen molar-refractivity contribution in [2.45, 2.75) is 59.0 Å². The molecule has 144 valence electrons. The van der Waals surface area contributed by atoms with Crippen molar-refractivity contribution >= 4 is 28.1 Å². The number of nitrogens with zero attached hydrogens (tertiary/aromatic N) is 2. The van der Waals surface area contributed by atoms with Crippen molar-refractivity contribution in [1.82, 2.24) is 10.3 Å². The summed E-state index contributed by atoms with van der Waals surface area (Å²) in [4.78, 5) is 18.7. The van der Waals surface area contributed by atoms with Gasteiger partial charge < -0.3 is 5.32 Å². The lowest BCUT2D eigenvalue weighted by Crippen LogP contribution is -2.36. The number of aromatic nitrogens is 1. The number of amides is 1. The van der Waals surface area contributed by atoms with Crippen LogP contribution in [0.5, 0.6) is 0 Å². The van der Waals surface area contributed by atoms with Crippen LogP contribution < -0.4 is 10.2 Å². The number of carbonyl (C=O) groups is 1. The van der Waals surface area contributed by atoms with E-state index in [4.69, 9.17) is 4.98 Å². The Kier molecular flexibility index (Phi) is 5.33. The van der Waals surface area contributed by atoms with Crippen molar-refractivity contribution in [2.75, 3.05) is 4.90 Å². The second-order valence-corrected chi connectivity index (χ2v) is 9.16. The molecular weight excluding hydrogens is 354 g/mol. The van der Waals surface area contributed by atoms with Crippen molar-refractivity contribution in [3.05, 3.63) is 40.9 Å². The number of benzene rings is 1. The number of rotatable bonds is 6. The van der Waals surface area contributed by atoms with Gasteiger partial charge in [-0.05, 0) is 63.0 Å². The first kappa shape index (κ1) is 18.6. The first-order chi connectivity index (χ1) is 13.0. The molecule has 1 heterocycles. The maximum absolute atomic E-state index is 12.2. The molecule has 0 radical (unpaired) electrons. The molecule has 4 atom stereocenters. The second-order valence-electron chi connectivity index (χ2n) is 8.32. The second kappa shape index (κ2) is 7.72. The third-order valence-corrected chi connectivity index (χ3v) is 7.25. The molecule has 1 N–H and O–H groups in total. The molecule has 2 aliphatic rings. The predicted molar refractivity (Wildman–Crippen MR) is 111 cm³/mol. The summed E-state index contributed by atoms with van der Waals surface area (Å²) >= 11 is 1.54. The van der Waals surface area contributed by atoms with Gasteiger partial charge in [-0.15, -0.1) is 11.3 Å². The standard InChI is InChI=1S/C22H29N3OS/c1-14-4-8-20(9-5-14)25(16(3)26)22-24-19(13-27-22)12-23-15(2)21-11-17-6-7-18(21)10-17/h4-5,8-9,13,15,17-18,21,23H,6-7,10-12H2,1-3H3. The van der Waals surface area contributed by atoms with Crippen LogP contribution in [0.25, 0.3) is 0 Å². The highest BCUT2D eigenvalue weighted by atomic mass is 32.1. The predicted octanol–water partition coefficient (Wildman–Crippen LogP) is 5.05. The van der Waals surface area contributed by atoms with E-state index in [1.807, 2.05) is 31.2 Å². The summed E-state index contributed by atoms with van der Waals surface area (Å²) in [7, 11) is 0. The number of hydrogen-bond acceptors (Lipinski definition) is 4. The van der Waals surface area contributed by atoms with E-state index < -0.39 is 0 Å². The van der Waals surface area contributed by atoms with Gasteiger partial charge >= 0.3 is 0 Å². The lowest BCUT2D eigenvalue weighted by Gasteiger charge is -2.28. The first-order valence-corrected chi connectivity index (χ1v) is 10.9. The van der Waals surface area contributed by atoms with E-state index in [9.17, 15) is 4.79 Å². The average molecular weight is 384 g/mol. The van der Waals surface area contributed by atoms with Gasteiger partial charge in [0.25, 0.3) is 0 Å². The molecule has 0 saturated heterocycles. The Labute approximate surface area is 166 Å². The van der Waals surface area contributed by atoms with Gasteiger partial charge in [0.1, 0.15) is 0 Å². The fourth-order valence-corrected chi connectivity index (χ4v) is 5.81. The Morgan fingerprint density at radius 3 is 2.70 bits per heavy atom. The molecule has 0 aliphatic heterocycles. The third kappa shape index (κ3) is 3.94. The van der Waals surface area contributed by atoms with Crippen LogP contribution in [-0.2, 0) is 11.3 Å². The Morgan fingerprint density at radius 2 is 2.07 bits per heavy atom. The third-order valence-electron chi connectivity index (χ3n) is 6.38. The molecule has 2 saturated carbocycles. The molecule has 4 nitrogen and oxygen atoms in total. The van der Waals surface area contributed by atoms with E-state index in [-0.39, 0.29) is 5.91 Å². The van der Waals surface area contributed by atoms with Crippen molar-refractivity contribution in [2.24, 2.45) is 17.8 Å². The van der Waals surface area contributed by atoms with E-state index in [0.29, 0.717) is 6.04 Å². The molecule has 4 rings (SSSR count). The maximum Gasteiger partial charge on any atom is 0.230 e. The summed E-state index contributed by atoms with van der Waals surface area (Å²) in [6, 6.07) is 8.54. The van der Waals surface area contributed by atoms with Gasteiger partial charge in [0, 0.05) is 24.9 Å². The van der Waals surface area contributed by atoms with Crippen LogP contribution in [0, 0.1) is 24.7 Å². The van der Waals surface area contributed by atoms with Gasteiger partial charge in [-0.1, -0.05) is 24.1 Å². The van der Waals surface area contributed by atoms with Crippen LogP contribution >= 0.6 is 11.3 Å². The largest absolute Gasteiger partial charge is 0.308 e. The first-order valence-electron chi connectivity index (χ1n) is 10.1. The summed E-state index contributed by atoms with van der Waals surface area (Å²) < 4.78 is 0. The minimum absolute atomic E-state index is 0.0111. The monoisotopic (exact) mass is 383 g/mol. The van der Waals surface area contributed by atoms with Crippen LogP contribution in [-0.4, -0.2) is 16.9 Å². The molecule has 2 fully saturated rings. The van der Waals surface area contributed by atoms with Crippen LogP contribution in [0.3, 0.4) is 0 Å². The van der Waals surface area contributed by atoms with Crippen LogP contribution in [0.4, 0.5) is 10.8 Å². The fraction of sp³-hybridized carbons (Fsp3) is 0.545. The van der Waals surface area contributed by atoms with E-state index in [1.165, 1.54) is 42.6 Å². The van der Waals surface area contributed by atoms with Crippen molar-refractivity contribution in [3.8, 4) is 0 Å². The number of nitrogens with one attached hydrogen (secondary N) is 1. The zero-order valence-electron chi connectivity index (χ0n) is 16.4. The Hall–Kier alpha value is -1.72. The fourth-order valence-electron chi connectivity index (χ4n) is 4.92. The molecule has 5 heteroatoms. The van der Waals surface area contributed by atoms with E-state index in [1.54, 1.807) is 11.8 Å². The van der Waals surface area contributed by atoms with Crippen molar-refractivity contribution in [1.29, 1.82) is 0 Å². The molecule has 2 bridgehead atoms. The minimum atomic E-state index is -0.0111. The Balaban J connectivity index is 1.41. The van der Waals surface area contributed by atoms with Crippen molar-refractivity contribution in [3.63, 3.8) is 0 Å².